The summed E-state index contributed by atoms with van der Waals surface area (Å²) in [6.07, 6.45) is 4.38. The normalized spacial score (nSPS) is 23.0. The van der Waals surface area contributed by atoms with Gasteiger partial charge in [-0.15, -0.1) is 0 Å². The molecule has 2 aliphatic rings. The van der Waals surface area contributed by atoms with Crippen LogP contribution in [-0.2, 0) is 18.4 Å². The van der Waals surface area contributed by atoms with Crippen LogP contribution in [0.1, 0.15) is 56.1 Å². The van der Waals surface area contributed by atoms with E-state index in [0.717, 1.165) is 37.0 Å². The average molecular weight is 562 g/mol. The van der Waals surface area contributed by atoms with Gasteiger partial charge in [-0.25, -0.2) is 4.79 Å². The summed E-state index contributed by atoms with van der Waals surface area (Å²) in [5, 5.41) is 9.35. The number of urea groups is 1. The van der Waals surface area contributed by atoms with E-state index in [1.54, 1.807) is 26.0 Å². The van der Waals surface area contributed by atoms with Gasteiger partial charge in [-0.2, -0.15) is 11.8 Å². The van der Waals surface area contributed by atoms with Crippen LogP contribution < -0.4 is 16.0 Å². The maximum Gasteiger partial charge on any atom is 0.348 e. The zero-order valence-corrected chi connectivity index (χ0v) is 22.3. The topological polar surface area (TPSA) is 106 Å². The SMILES string of the molecule is CCOP(=O)(OCC)C(Br)c1ccc(NC(=O)CCCCCC2SCC3NC(=O)NC32)cc1. The van der Waals surface area contributed by atoms with Gasteiger partial charge in [0.1, 0.15) is 4.57 Å². The van der Waals surface area contributed by atoms with E-state index in [1.807, 2.05) is 23.9 Å². The minimum absolute atomic E-state index is 0.0185. The molecule has 3 rings (SSSR count). The Morgan fingerprint density at radius 2 is 1.88 bits per heavy atom. The number of halogens is 1. The van der Waals surface area contributed by atoms with E-state index in [2.05, 4.69) is 31.9 Å². The number of alkyl halides is 1. The minimum atomic E-state index is -3.31. The number of benzene rings is 1. The molecule has 3 N–H and O–H groups in total. The molecule has 0 bridgehead atoms. The van der Waals surface area contributed by atoms with Crippen molar-refractivity contribution in [3.8, 4) is 0 Å². The molecule has 0 saturated carbocycles. The van der Waals surface area contributed by atoms with Gasteiger partial charge in [0.05, 0.1) is 25.3 Å². The van der Waals surface area contributed by atoms with Gasteiger partial charge in [0.15, 0.2) is 0 Å². The molecule has 4 unspecified atom stereocenters. The summed E-state index contributed by atoms with van der Waals surface area (Å²) >= 11 is 5.37. The molecule has 8 nitrogen and oxygen atoms in total. The number of hydrogen-bond donors (Lipinski definition) is 3. The Hall–Kier alpha value is -1.06. The van der Waals surface area contributed by atoms with Crippen LogP contribution >= 0.6 is 35.3 Å². The molecule has 11 heteroatoms. The van der Waals surface area contributed by atoms with Crippen molar-refractivity contribution in [2.75, 3.05) is 24.3 Å². The molecule has 2 saturated heterocycles. The molecule has 3 amide bonds. The fourth-order valence-electron chi connectivity index (χ4n) is 4.11. The largest absolute Gasteiger partial charge is 0.348 e. The number of fused-ring (bicyclic) bond motifs is 1. The van der Waals surface area contributed by atoms with E-state index in [9.17, 15) is 14.2 Å². The van der Waals surface area contributed by atoms with E-state index in [0.29, 0.717) is 30.6 Å². The Balaban J connectivity index is 1.37. The monoisotopic (exact) mass is 561 g/mol. The number of thioether (sulfide) groups is 1. The van der Waals surface area contributed by atoms with Gasteiger partial charge in [-0.1, -0.05) is 40.9 Å². The summed E-state index contributed by atoms with van der Waals surface area (Å²) in [6.45, 7) is 4.14. The summed E-state index contributed by atoms with van der Waals surface area (Å²) in [5.74, 6) is 0.954. The summed E-state index contributed by atoms with van der Waals surface area (Å²) in [7, 11) is -3.31. The molecule has 2 fully saturated rings. The fourth-order valence-corrected chi connectivity index (χ4v) is 8.26. The zero-order chi connectivity index (χ0) is 23.8. The minimum Gasteiger partial charge on any atom is -0.332 e. The molecule has 2 heterocycles. The highest BCUT2D eigenvalue weighted by Gasteiger charge is 2.42. The zero-order valence-electron chi connectivity index (χ0n) is 19.1. The highest BCUT2D eigenvalue weighted by atomic mass is 79.9. The van der Waals surface area contributed by atoms with E-state index >= 15 is 0 Å². The predicted octanol–water partition coefficient (Wildman–Crippen LogP) is 5.40. The lowest BCUT2D eigenvalue weighted by molar-refractivity contribution is -0.116. The van der Waals surface area contributed by atoms with Crippen molar-refractivity contribution >= 4 is 52.9 Å². The van der Waals surface area contributed by atoms with Gasteiger partial charge in [0, 0.05) is 23.1 Å². The number of rotatable bonds is 13. The third kappa shape index (κ3) is 7.21. The van der Waals surface area contributed by atoms with Crippen LogP contribution in [0.25, 0.3) is 0 Å². The maximum absolute atomic E-state index is 12.9. The van der Waals surface area contributed by atoms with Gasteiger partial charge in [-0.05, 0) is 44.4 Å². The van der Waals surface area contributed by atoms with E-state index in [1.165, 1.54) is 0 Å². The number of anilines is 1. The predicted molar refractivity (Wildman–Crippen MR) is 136 cm³/mol. The molecule has 2 aliphatic heterocycles. The molecule has 1 aromatic carbocycles. The first-order valence-corrected chi connectivity index (χ1v) is 15.0. The standard InChI is InChI=1S/C22H33BrN3O5PS/c1-3-30-32(29,31-4-2)21(23)15-10-12-16(13-11-15)24-19(27)9-7-5-6-8-18-20-17(14-33-18)25-22(28)26-20/h10-13,17-18,20-21H,3-9,14H2,1-2H3,(H,24,27)(H2,25,26,28). The second kappa shape index (κ2) is 12.6. The first-order chi connectivity index (χ1) is 15.9. The number of hydrogen-bond acceptors (Lipinski definition) is 6. The van der Waals surface area contributed by atoms with Crippen LogP contribution in [0.2, 0.25) is 0 Å². The van der Waals surface area contributed by atoms with Crippen LogP contribution in [0.3, 0.4) is 0 Å². The maximum atomic E-state index is 12.9. The lowest BCUT2D eigenvalue weighted by Gasteiger charge is -2.22. The summed E-state index contributed by atoms with van der Waals surface area (Å²) < 4.78 is 23.1. The van der Waals surface area contributed by atoms with Gasteiger partial charge < -0.3 is 25.0 Å². The van der Waals surface area contributed by atoms with Crippen molar-refractivity contribution in [3.63, 3.8) is 0 Å². The van der Waals surface area contributed by atoms with Gasteiger partial charge in [0.2, 0.25) is 5.91 Å². The first-order valence-electron chi connectivity index (χ1n) is 11.5. The Labute approximate surface area is 208 Å². The summed E-state index contributed by atoms with van der Waals surface area (Å²) in [6, 6.07) is 7.65. The van der Waals surface area contributed by atoms with Crippen molar-refractivity contribution in [2.24, 2.45) is 0 Å². The smallest absolute Gasteiger partial charge is 0.332 e. The lowest BCUT2D eigenvalue weighted by Crippen LogP contribution is -2.36. The Kier molecular flexibility index (Phi) is 10.1. The van der Waals surface area contributed by atoms with Gasteiger partial charge in [0.25, 0.3) is 0 Å². The highest BCUT2D eigenvalue weighted by Crippen LogP contribution is 2.63. The molecule has 0 aliphatic carbocycles. The van der Waals surface area contributed by atoms with Gasteiger partial charge in [-0.3, -0.25) is 9.36 Å². The molecule has 33 heavy (non-hydrogen) atoms. The molecule has 1 aromatic rings. The van der Waals surface area contributed by atoms with Crippen molar-refractivity contribution in [2.45, 2.75) is 67.9 Å². The van der Waals surface area contributed by atoms with Crippen molar-refractivity contribution in [3.05, 3.63) is 29.8 Å². The molecule has 4 atom stereocenters. The van der Waals surface area contributed by atoms with E-state index < -0.39 is 12.2 Å². The Morgan fingerprint density at radius 3 is 2.55 bits per heavy atom. The van der Waals surface area contributed by atoms with Crippen molar-refractivity contribution in [1.82, 2.24) is 10.6 Å². The molecule has 0 spiro atoms. The number of amides is 3. The summed E-state index contributed by atoms with van der Waals surface area (Å²) in [5.41, 5.74) is 1.46. The average Bonchev–Trinajstić information content (AvgIpc) is 3.33. The van der Waals surface area contributed by atoms with Crippen molar-refractivity contribution < 1.29 is 23.2 Å². The number of nitrogens with one attached hydrogen (secondary N) is 3. The Bertz CT molecular complexity index is 849. The number of carbonyl (C=O) groups excluding carboxylic acids is 2. The molecular weight excluding hydrogens is 529 g/mol. The second-order valence-corrected chi connectivity index (χ2v) is 13.1. The summed E-state index contributed by atoms with van der Waals surface area (Å²) in [4.78, 5) is 23.8. The lowest BCUT2D eigenvalue weighted by atomic mass is 10.0. The molecule has 184 valence electrons. The Morgan fingerprint density at radius 1 is 1.18 bits per heavy atom. The van der Waals surface area contributed by atoms with Crippen LogP contribution in [0.15, 0.2) is 24.3 Å². The second-order valence-electron chi connectivity index (χ2n) is 8.10. The van der Waals surface area contributed by atoms with E-state index in [-0.39, 0.29) is 24.0 Å². The molecule has 0 aromatic heterocycles. The third-order valence-electron chi connectivity index (χ3n) is 5.70. The number of carbonyl (C=O) groups is 2. The first kappa shape index (κ1) is 26.5. The molecule has 0 radical (unpaired) electrons. The fraction of sp³-hybridized carbons (Fsp3) is 0.636. The van der Waals surface area contributed by atoms with Gasteiger partial charge >= 0.3 is 13.6 Å². The molecular formula is C22H33BrN3O5PS. The van der Waals surface area contributed by atoms with Crippen LogP contribution in [0, 0.1) is 0 Å². The van der Waals surface area contributed by atoms with E-state index in [4.69, 9.17) is 9.05 Å². The third-order valence-corrected chi connectivity index (χ3v) is 11.3. The van der Waals surface area contributed by atoms with Crippen LogP contribution in [-0.4, -0.2) is 48.2 Å². The van der Waals surface area contributed by atoms with Crippen molar-refractivity contribution in [1.29, 1.82) is 0 Å². The highest BCUT2D eigenvalue weighted by molar-refractivity contribution is 9.10. The van der Waals surface area contributed by atoms with Crippen LogP contribution in [0.4, 0.5) is 10.5 Å². The number of unbranched alkanes of at least 4 members (excludes halogenated alkanes) is 2. The quantitative estimate of drug-likeness (QED) is 0.129. The van der Waals surface area contributed by atoms with Crippen LogP contribution in [0.5, 0.6) is 0 Å².